The molecule has 82 valence electrons. The Morgan fingerprint density at radius 2 is 2.07 bits per heavy atom. The largest absolute Gasteiger partial charge is 0.467 e. The van der Waals surface area contributed by atoms with Crippen molar-refractivity contribution in [3.05, 3.63) is 29.3 Å². The summed E-state index contributed by atoms with van der Waals surface area (Å²) in [7, 11) is 1.39. The number of methoxy groups -OCH3 is 1. The average molecular weight is 207 g/mol. The van der Waals surface area contributed by atoms with E-state index >= 15 is 0 Å². The summed E-state index contributed by atoms with van der Waals surface area (Å²) in [6, 6.07) is 5.65. The molecule has 0 aliphatic carbocycles. The molecule has 0 aromatic heterocycles. The minimum atomic E-state index is -0.324. The number of anilines is 1. The molecule has 1 unspecified atom stereocenters. The lowest BCUT2D eigenvalue weighted by Gasteiger charge is -2.15. The molecule has 3 nitrogen and oxygen atoms in total. The van der Waals surface area contributed by atoms with Crippen LogP contribution in [0.15, 0.2) is 18.2 Å². The lowest BCUT2D eigenvalue weighted by molar-refractivity contribution is -0.141. The van der Waals surface area contributed by atoms with Crippen molar-refractivity contribution in [2.45, 2.75) is 26.8 Å². The molecule has 0 amide bonds. The third kappa shape index (κ3) is 2.72. The molecule has 0 radical (unpaired) electrons. The molecule has 0 fully saturated rings. The lowest BCUT2D eigenvalue weighted by Crippen LogP contribution is -2.27. The second-order valence-corrected chi connectivity index (χ2v) is 3.64. The SMILES string of the molecule is COC(=O)C(C)Nc1cccc(C)c1C. The van der Waals surface area contributed by atoms with E-state index in [0.29, 0.717) is 0 Å². The minimum absolute atomic E-state index is 0.254. The van der Waals surface area contributed by atoms with Crippen LogP contribution in [0, 0.1) is 13.8 Å². The van der Waals surface area contributed by atoms with Crippen LogP contribution < -0.4 is 5.32 Å². The summed E-state index contributed by atoms with van der Waals surface area (Å²) in [5.74, 6) is -0.254. The first-order valence-electron chi connectivity index (χ1n) is 4.97. The number of esters is 1. The quantitative estimate of drug-likeness (QED) is 0.773. The number of nitrogens with one attached hydrogen (secondary N) is 1. The van der Waals surface area contributed by atoms with E-state index in [9.17, 15) is 4.79 Å². The van der Waals surface area contributed by atoms with Crippen molar-refractivity contribution in [3.8, 4) is 0 Å². The van der Waals surface area contributed by atoms with E-state index in [-0.39, 0.29) is 12.0 Å². The molecule has 1 rings (SSSR count). The zero-order valence-electron chi connectivity index (χ0n) is 9.63. The van der Waals surface area contributed by atoms with Gasteiger partial charge in [-0.2, -0.15) is 0 Å². The maximum atomic E-state index is 11.2. The Morgan fingerprint density at radius 1 is 1.40 bits per heavy atom. The van der Waals surface area contributed by atoms with E-state index in [4.69, 9.17) is 0 Å². The standard InChI is InChI=1S/C12H17NO2/c1-8-6-5-7-11(9(8)2)13-10(3)12(14)15-4/h5-7,10,13H,1-4H3. The van der Waals surface area contributed by atoms with Crippen LogP contribution in [0.5, 0.6) is 0 Å². The fraction of sp³-hybridized carbons (Fsp3) is 0.417. The fourth-order valence-corrected chi connectivity index (χ4v) is 1.38. The highest BCUT2D eigenvalue weighted by molar-refractivity contribution is 5.79. The number of ether oxygens (including phenoxy) is 1. The zero-order chi connectivity index (χ0) is 11.4. The van der Waals surface area contributed by atoms with Gasteiger partial charge in [-0.1, -0.05) is 12.1 Å². The Hall–Kier alpha value is -1.51. The zero-order valence-corrected chi connectivity index (χ0v) is 9.63. The van der Waals surface area contributed by atoms with Gasteiger partial charge in [0.25, 0.3) is 0 Å². The van der Waals surface area contributed by atoms with Crippen LogP contribution in [0.3, 0.4) is 0 Å². The summed E-state index contributed by atoms with van der Waals surface area (Å²) in [6.07, 6.45) is 0. The first kappa shape index (κ1) is 11.6. The van der Waals surface area contributed by atoms with Gasteiger partial charge in [0.05, 0.1) is 7.11 Å². The third-order valence-corrected chi connectivity index (χ3v) is 2.53. The maximum absolute atomic E-state index is 11.2. The Morgan fingerprint density at radius 3 is 2.67 bits per heavy atom. The minimum Gasteiger partial charge on any atom is -0.467 e. The molecule has 15 heavy (non-hydrogen) atoms. The Kier molecular flexibility index (Phi) is 3.72. The number of carbonyl (C=O) groups is 1. The average Bonchev–Trinajstić information content (AvgIpc) is 2.23. The fourth-order valence-electron chi connectivity index (χ4n) is 1.38. The van der Waals surface area contributed by atoms with Crippen LogP contribution in [0.25, 0.3) is 0 Å². The van der Waals surface area contributed by atoms with Crippen molar-refractivity contribution in [2.24, 2.45) is 0 Å². The number of aryl methyl sites for hydroxylation is 1. The summed E-state index contributed by atoms with van der Waals surface area (Å²) in [4.78, 5) is 11.2. The topological polar surface area (TPSA) is 38.3 Å². The van der Waals surface area contributed by atoms with Gasteiger partial charge >= 0.3 is 5.97 Å². The van der Waals surface area contributed by atoms with Crippen molar-refractivity contribution in [2.75, 3.05) is 12.4 Å². The Balaban J connectivity index is 2.81. The molecule has 1 N–H and O–H groups in total. The molecular formula is C12H17NO2. The van der Waals surface area contributed by atoms with Crippen molar-refractivity contribution in [1.82, 2.24) is 0 Å². The molecule has 1 atom stereocenters. The lowest BCUT2D eigenvalue weighted by atomic mass is 10.1. The van der Waals surface area contributed by atoms with Crippen molar-refractivity contribution in [1.29, 1.82) is 0 Å². The number of hydrogen-bond donors (Lipinski definition) is 1. The van der Waals surface area contributed by atoms with Gasteiger partial charge in [0.2, 0.25) is 0 Å². The summed E-state index contributed by atoms with van der Waals surface area (Å²) >= 11 is 0. The first-order valence-corrected chi connectivity index (χ1v) is 4.97. The second kappa shape index (κ2) is 4.82. The van der Waals surface area contributed by atoms with Crippen molar-refractivity contribution >= 4 is 11.7 Å². The van der Waals surface area contributed by atoms with Crippen LogP contribution in [0.4, 0.5) is 5.69 Å². The summed E-state index contributed by atoms with van der Waals surface area (Å²) in [5, 5.41) is 3.13. The van der Waals surface area contributed by atoms with Crippen LogP contribution in [0.2, 0.25) is 0 Å². The molecule has 0 aliphatic rings. The molecule has 0 heterocycles. The molecule has 1 aromatic carbocycles. The second-order valence-electron chi connectivity index (χ2n) is 3.64. The van der Waals surface area contributed by atoms with E-state index < -0.39 is 0 Å². The predicted molar refractivity (Wildman–Crippen MR) is 61.0 cm³/mol. The van der Waals surface area contributed by atoms with Gasteiger partial charge in [-0.25, -0.2) is 4.79 Å². The predicted octanol–water partition coefficient (Wildman–Crippen LogP) is 2.28. The third-order valence-electron chi connectivity index (χ3n) is 2.53. The van der Waals surface area contributed by atoms with E-state index in [1.165, 1.54) is 12.7 Å². The monoisotopic (exact) mass is 207 g/mol. The Labute approximate surface area is 90.4 Å². The smallest absolute Gasteiger partial charge is 0.327 e. The number of benzene rings is 1. The summed E-state index contributed by atoms with van der Waals surface area (Å²) < 4.78 is 4.65. The number of hydrogen-bond acceptors (Lipinski definition) is 3. The molecule has 1 aromatic rings. The highest BCUT2D eigenvalue weighted by atomic mass is 16.5. The van der Waals surface area contributed by atoms with Crippen LogP contribution in [0.1, 0.15) is 18.1 Å². The maximum Gasteiger partial charge on any atom is 0.327 e. The summed E-state index contributed by atoms with van der Waals surface area (Å²) in [5.41, 5.74) is 3.35. The molecular weight excluding hydrogens is 190 g/mol. The van der Waals surface area contributed by atoms with Gasteiger partial charge in [0.1, 0.15) is 6.04 Å². The Bertz CT molecular complexity index is 361. The van der Waals surface area contributed by atoms with Gasteiger partial charge in [0.15, 0.2) is 0 Å². The molecule has 0 saturated heterocycles. The van der Waals surface area contributed by atoms with Gasteiger partial charge < -0.3 is 10.1 Å². The molecule has 0 aliphatic heterocycles. The van der Waals surface area contributed by atoms with Gasteiger partial charge in [-0.15, -0.1) is 0 Å². The summed E-state index contributed by atoms with van der Waals surface area (Å²) in [6.45, 7) is 5.86. The normalized spacial score (nSPS) is 12.0. The van der Waals surface area contributed by atoms with E-state index in [2.05, 4.69) is 10.1 Å². The highest BCUT2D eigenvalue weighted by Crippen LogP contribution is 2.18. The van der Waals surface area contributed by atoms with Crippen molar-refractivity contribution < 1.29 is 9.53 Å². The van der Waals surface area contributed by atoms with Crippen molar-refractivity contribution in [3.63, 3.8) is 0 Å². The van der Waals surface area contributed by atoms with Gasteiger partial charge in [-0.3, -0.25) is 0 Å². The molecule has 0 saturated carbocycles. The van der Waals surface area contributed by atoms with E-state index in [1.807, 2.05) is 32.0 Å². The molecule has 3 heteroatoms. The number of rotatable bonds is 3. The highest BCUT2D eigenvalue weighted by Gasteiger charge is 2.13. The first-order chi connectivity index (χ1) is 7.06. The van der Waals surface area contributed by atoms with E-state index in [0.717, 1.165) is 11.3 Å². The van der Waals surface area contributed by atoms with E-state index in [1.54, 1.807) is 6.92 Å². The number of carbonyl (C=O) groups excluding carboxylic acids is 1. The molecule has 0 bridgehead atoms. The molecule has 0 spiro atoms. The van der Waals surface area contributed by atoms with Crippen LogP contribution in [-0.2, 0) is 9.53 Å². The van der Waals surface area contributed by atoms with Gasteiger partial charge in [0, 0.05) is 5.69 Å². The van der Waals surface area contributed by atoms with Crippen LogP contribution >= 0.6 is 0 Å². The van der Waals surface area contributed by atoms with Crippen LogP contribution in [-0.4, -0.2) is 19.1 Å². The van der Waals surface area contributed by atoms with Gasteiger partial charge in [-0.05, 0) is 38.0 Å².